The third-order valence-electron chi connectivity index (χ3n) is 3.28. The van der Waals surface area contributed by atoms with Crippen LogP contribution in [-0.4, -0.2) is 18.1 Å². The minimum Gasteiger partial charge on any atom is -0.384 e. The van der Waals surface area contributed by atoms with Gasteiger partial charge in [0.15, 0.2) is 0 Å². The van der Waals surface area contributed by atoms with Crippen molar-refractivity contribution in [2.24, 2.45) is 5.73 Å². The van der Waals surface area contributed by atoms with Gasteiger partial charge in [0.1, 0.15) is 17.5 Å². The van der Waals surface area contributed by atoms with Gasteiger partial charge in [0.05, 0.1) is 11.4 Å². The molecule has 108 valence electrons. The van der Waals surface area contributed by atoms with Crippen LogP contribution in [0, 0.1) is 18.3 Å². The zero-order valence-corrected chi connectivity index (χ0v) is 12.1. The Morgan fingerprint density at radius 3 is 2.76 bits per heavy atom. The molecule has 2 aromatic rings. The predicted molar refractivity (Wildman–Crippen MR) is 85.7 cm³/mol. The number of hydrogen-bond acceptors (Lipinski definition) is 5. The molecule has 0 aliphatic rings. The highest BCUT2D eigenvalue weighted by atomic mass is 14.9. The minimum absolute atomic E-state index is 0.244. The number of nitrogen functional groups attached to an aromatic ring is 1. The van der Waals surface area contributed by atoms with E-state index in [2.05, 4.69) is 16.4 Å². The van der Waals surface area contributed by atoms with Crippen molar-refractivity contribution >= 4 is 11.5 Å². The molecule has 0 fully saturated rings. The second-order valence-electron chi connectivity index (χ2n) is 4.81. The van der Waals surface area contributed by atoms with Gasteiger partial charge >= 0.3 is 0 Å². The Bertz CT molecular complexity index is 673. The molecule has 0 radical (unpaired) electrons. The van der Waals surface area contributed by atoms with Gasteiger partial charge in [-0.3, -0.25) is 0 Å². The number of anilines is 2. The van der Waals surface area contributed by atoms with E-state index in [1.807, 2.05) is 37.3 Å². The van der Waals surface area contributed by atoms with E-state index in [0.717, 1.165) is 23.2 Å². The minimum atomic E-state index is 0.244. The molecule has 0 unspecified atom stereocenters. The van der Waals surface area contributed by atoms with Crippen molar-refractivity contribution in [1.82, 2.24) is 4.98 Å². The van der Waals surface area contributed by atoms with Gasteiger partial charge in [-0.25, -0.2) is 4.98 Å². The Kier molecular flexibility index (Phi) is 4.75. The Morgan fingerprint density at radius 1 is 1.33 bits per heavy atom. The maximum atomic E-state index is 9.24. The summed E-state index contributed by atoms with van der Waals surface area (Å²) in [6.07, 6.45) is 0.826. The summed E-state index contributed by atoms with van der Waals surface area (Å²) in [6.45, 7) is 3.31. The molecule has 0 saturated heterocycles. The zero-order chi connectivity index (χ0) is 15.2. The summed E-state index contributed by atoms with van der Waals surface area (Å²) >= 11 is 0. The van der Waals surface area contributed by atoms with Crippen LogP contribution in [0.15, 0.2) is 30.3 Å². The van der Waals surface area contributed by atoms with E-state index in [1.54, 1.807) is 0 Å². The number of pyridine rings is 1. The third-order valence-corrected chi connectivity index (χ3v) is 3.28. The Hall–Kier alpha value is -2.58. The van der Waals surface area contributed by atoms with Gasteiger partial charge in [0.25, 0.3) is 0 Å². The highest BCUT2D eigenvalue weighted by Crippen LogP contribution is 2.28. The van der Waals surface area contributed by atoms with E-state index in [-0.39, 0.29) is 5.82 Å². The first kappa shape index (κ1) is 14.8. The van der Waals surface area contributed by atoms with Crippen LogP contribution >= 0.6 is 0 Å². The second kappa shape index (κ2) is 6.73. The number of nitrogens with two attached hydrogens (primary N) is 2. The third kappa shape index (κ3) is 3.30. The molecule has 0 aliphatic carbocycles. The molecule has 0 saturated carbocycles. The molecule has 0 bridgehead atoms. The van der Waals surface area contributed by atoms with Crippen molar-refractivity contribution in [3.63, 3.8) is 0 Å². The van der Waals surface area contributed by atoms with Gasteiger partial charge in [-0.05, 0) is 31.5 Å². The fraction of sp³-hybridized carbons (Fsp3) is 0.250. The lowest BCUT2D eigenvalue weighted by atomic mass is 10.0. The Balaban J connectivity index is 2.45. The lowest BCUT2D eigenvalue weighted by Crippen LogP contribution is -2.11. The molecule has 0 atom stereocenters. The molecule has 5 N–H and O–H groups in total. The maximum Gasteiger partial charge on any atom is 0.144 e. The van der Waals surface area contributed by atoms with Crippen LogP contribution in [0.3, 0.4) is 0 Å². The van der Waals surface area contributed by atoms with Crippen LogP contribution in [0.4, 0.5) is 11.5 Å². The molecule has 0 amide bonds. The van der Waals surface area contributed by atoms with Crippen molar-refractivity contribution in [2.45, 2.75) is 13.3 Å². The van der Waals surface area contributed by atoms with Crippen molar-refractivity contribution in [1.29, 1.82) is 5.26 Å². The average Bonchev–Trinajstić information content (AvgIpc) is 2.47. The molecule has 1 aromatic carbocycles. The number of nitrogens with one attached hydrogen (secondary N) is 1. The number of aryl methyl sites for hydroxylation is 1. The van der Waals surface area contributed by atoms with E-state index in [4.69, 9.17) is 11.5 Å². The number of benzene rings is 1. The predicted octanol–water partition coefficient (Wildman–Crippen LogP) is 2.27. The molecule has 0 aliphatic heterocycles. The van der Waals surface area contributed by atoms with Gasteiger partial charge in [0.2, 0.25) is 0 Å². The number of nitriles is 1. The molecule has 5 heteroatoms. The summed E-state index contributed by atoms with van der Waals surface area (Å²) in [4.78, 5) is 4.35. The summed E-state index contributed by atoms with van der Waals surface area (Å²) in [5.41, 5.74) is 15.4. The Labute approximate surface area is 124 Å². The first-order chi connectivity index (χ1) is 10.2. The number of hydrogen-bond donors (Lipinski definition) is 3. The van der Waals surface area contributed by atoms with E-state index < -0.39 is 0 Å². The fourth-order valence-electron chi connectivity index (χ4n) is 2.15. The summed E-state index contributed by atoms with van der Waals surface area (Å²) in [5, 5.41) is 12.5. The van der Waals surface area contributed by atoms with Gasteiger partial charge in [-0.1, -0.05) is 24.3 Å². The lowest BCUT2D eigenvalue weighted by molar-refractivity contribution is 0.874. The monoisotopic (exact) mass is 281 g/mol. The highest BCUT2D eigenvalue weighted by Gasteiger charge is 2.12. The summed E-state index contributed by atoms with van der Waals surface area (Å²) in [5.74, 6) is 0.244. The van der Waals surface area contributed by atoms with Crippen molar-refractivity contribution < 1.29 is 0 Å². The van der Waals surface area contributed by atoms with Crippen molar-refractivity contribution in [3.8, 4) is 17.3 Å². The van der Waals surface area contributed by atoms with Gasteiger partial charge < -0.3 is 16.8 Å². The molecular formula is C16H19N5. The second-order valence-corrected chi connectivity index (χ2v) is 4.81. The van der Waals surface area contributed by atoms with Gasteiger partial charge in [-0.2, -0.15) is 5.26 Å². The molecule has 1 aromatic heterocycles. The van der Waals surface area contributed by atoms with E-state index in [9.17, 15) is 5.26 Å². The fourth-order valence-corrected chi connectivity index (χ4v) is 2.15. The standard InChI is InChI=1S/C16H19N5/c1-11-5-2-3-6-12(11)15-9-14(20-8-4-7-17)13(10-18)16(19)21-15/h2-3,5-6,9H,4,7-8,17H2,1H3,(H3,19,20,21). The summed E-state index contributed by atoms with van der Waals surface area (Å²) in [6, 6.07) is 11.9. The SMILES string of the molecule is Cc1ccccc1-c1cc(NCCCN)c(C#N)c(N)n1. The topological polar surface area (TPSA) is 101 Å². The number of rotatable bonds is 5. The van der Waals surface area contributed by atoms with Gasteiger partial charge in [-0.15, -0.1) is 0 Å². The first-order valence-corrected chi connectivity index (χ1v) is 6.88. The van der Waals surface area contributed by atoms with Crippen molar-refractivity contribution in [2.75, 3.05) is 24.1 Å². The van der Waals surface area contributed by atoms with Crippen LogP contribution in [0.25, 0.3) is 11.3 Å². The summed E-state index contributed by atoms with van der Waals surface area (Å²) < 4.78 is 0. The molecule has 1 heterocycles. The molecular weight excluding hydrogens is 262 g/mol. The highest BCUT2D eigenvalue weighted by molar-refractivity contribution is 5.75. The van der Waals surface area contributed by atoms with Crippen LogP contribution < -0.4 is 16.8 Å². The first-order valence-electron chi connectivity index (χ1n) is 6.88. The molecule has 21 heavy (non-hydrogen) atoms. The maximum absolute atomic E-state index is 9.24. The largest absolute Gasteiger partial charge is 0.384 e. The van der Waals surface area contributed by atoms with E-state index >= 15 is 0 Å². The Morgan fingerprint density at radius 2 is 2.10 bits per heavy atom. The molecule has 2 rings (SSSR count). The zero-order valence-electron chi connectivity index (χ0n) is 12.1. The number of nitrogens with zero attached hydrogens (tertiary/aromatic N) is 2. The van der Waals surface area contributed by atoms with Crippen molar-refractivity contribution in [3.05, 3.63) is 41.5 Å². The van der Waals surface area contributed by atoms with E-state index in [0.29, 0.717) is 24.3 Å². The number of aromatic nitrogens is 1. The molecule has 5 nitrogen and oxygen atoms in total. The lowest BCUT2D eigenvalue weighted by Gasteiger charge is -2.12. The van der Waals surface area contributed by atoms with Crippen LogP contribution in [0.2, 0.25) is 0 Å². The smallest absolute Gasteiger partial charge is 0.144 e. The van der Waals surface area contributed by atoms with Gasteiger partial charge in [0, 0.05) is 12.1 Å². The normalized spacial score (nSPS) is 10.1. The molecule has 0 spiro atoms. The van der Waals surface area contributed by atoms with Crippen LogP contribution in [0.5, 0.6) is 0 Å². The average molecular weight is 281 g/mol. The summed E-state index contributed by atoms with van der Waals surface area (Å²) in [7, 11) is 0. The van der Waals surface area contributed by atoms with E-state index in [1.165, 1.54) is 0 Å². The van der Waals surface area contributed by atoms with Crippen LogP contribution in [-0.2, 0) is 0 Å². The van der Waals surface area contributed by atoms with Crippen LogP contribution in [0.1, 0.15) is 17.5 Å². The quantitative estimate of drug-likeness (QED) is 0.730.